The molecule has 2 aromatic heterocycles. The summed E-state index contributed by atoms with van der Waals surface area (Å²) in [6.45, 7) is 0.677. The van der Waals surface area contributed by atoms with Crippen LogP contribution in [0.2, 0.25) is 0 Å². The molecule has 3 rings (SSSR count). The van der Waals surface area contributed by atoms with Gasteiger partial charge in [-0.1, -0.05) is 0 Å². The van der Waals surface area contributed by atoms with Gasteiger partial charge >= 0.3 is 6.03 Å². The Morgan fingerprint density at radius 2 is 2.13 bits per heavy atom. The minimum absolute atomic E-state index is 0.272. The van der Waals surface area contributed by atoms with Crippen molar-refractivity contribution in [2.45, 2.75) is 13.1 Å². The molecule has 7 nitrogen and oxygen atoms in total. The summed E-state index contributed by atoms with van der Waals surface area (Å²) < 4.78 is 12.3. The number of carbonyl (C=O) groups excluding carboxylic acids is 1. The number of urea groups is 1. The molecule has 2 N–H and O–H groups in total. The predicted molar refractivity (Wildman–Crippen MR) is 85.0 cm³/mol. The van der Waals surface area contributed by atoms with Crippen molar-refractivity contribution in [2.24, 2.45) is 7.05 Å². The molecule has 1 aromatic carbocycles. The van der Waals surface area contributed by atoms with E-state index >= 15 is 0 Å². The van der Waals surface area contributed by atoms with Crippen LogP contribution in [0.4, 0.5) is 4.79 Å². The average molecular weight is 314 g/mol. The first kappa shape index (κ1) is 15.0. The maximum Gasteiger partial charge on any atom is 0.315 e. The third-order valence-corrected chi connectivity index (χ3v) is 3.59. The van der Waals surface area contributed by atoms with Crippen molar-refractivity contribution in [1.82, 2.24) is 20.2 Å². The van der Waals surface area contributed by atoms with E-state index < -0.39 is 0 Å². The zero-order chi connectivity index (χ0) is 16.2. The molecular weight excluding hydrogens is 296 g/mol. The number of nitrogens with one attached hydrogen (secondary N) is 2. The van der Waals surface area contributed by atoms with Crippen molar-refractivity contribution in [3.05, 3.63) is 48.2 Å². The summed E-state index contributed by atoms with van der Waals surface area (Å²) in [5.41, 5.74) is 1.82. The normalized spacial score (nSPS) is 10.7. The van der Waals surface area contributed by atoms with Crippen LogP contribution in [0, 0.1) is 0 Å². The van der Waals surface area contributed by atoms with E-state index in [0.29, 0.717) is 18.8 Å². The van der Waals surface area contributed by atoms with Crippen LogP contribution in [0.3, 0.4) is 0 Å². The van der Waals surface area contributed by atoms with Crippen molar-refractivity contribution in [3.63, 3.8) is 0 Å². The molecule has 0 atom stereocenters. The number of imidazole rings is 1. The maximum atomic E-state index is 11.8. The summed E-state index contributed by atoms with van der Waals surface area (Å²) in [5.74, 6) is 2.22. The zero-order valence-corrected chi connectivity index (χ0v) is 13.0. The maximum absolute atomic E-state index is 11.8. The number of benzene rings is 1. The van der Waals surface area contributed by atoms with E-state index in [1.165, 1.54) is 0 Å². The van der Waals surface area contributed by atoms with E-state index in [0.717, 1.165) is 22.6 Å². The number of aryl methyl sites for hydroxylation is 1. The van der Waals surface area contributed by atoms with Gasteiger partial charge in [0.05, 0.1) is 37.5 Å². The highest BCUT2D eigenvalue weighted by Crippen LogP contribution is 2.20. The Labute approximate surface area is 133 Å². The zero-order valence-electron chi connectivity index (χ0n) is 13.0. The first-order valence-corrected chi connectivity index (χ1v) is 7.21. The molecule has 0 aliphatic carbocycles. The van der Waals surface area contributed by atoms with Gasteiger partial charge in [0.1, 0.15) is 17.3 Å². The average Bonchev–Trinajstić information content (AvgIpc) is 3.19. The van der Waals surface area contributed by atoms with E-state index in [2.05, 4.69) is 15.6 Å². The number of carbonyl (C=O) groups is 1. The number of aromatic nitrogens is 2. The van der Waals surface area contributed by atoms with Gasteiger partial charge in [-0.25, -0.2) is 9.78 Å². The number of rotatable bonds is 5. The molecule has 3 aromatic rings. The Bertz CT molecular complexity index is 808. The number of hydrogen-bond donors (Lipinski definition) is 2. The van der Waals surface area contributed by atoms with E-state index in [-0.39, 0.29) is 6.03 Å². The summed E-state index contributed by atoms with van der Waals surface area (Å²) in [6.07, 6.45) is 1.57. The Balaban J connectivity index is 1.62. The van der Waals surface area contributed by atoms with Crippen molar-refractivity contribution >= 4 is 17.1 Å². The number of hydrogen-bond acceptors (Lipinski definition) is 4. The Kier molecular flexibility index (Phi) is 4.18. The van der Waals surface area contributed by atoms with E-state index in [9.17, 15) is 4.79 Å². The van der Waals surface area contributed by atoms with Gasteiger partial charge in [0.2, 0.25) is 0 Å². The van der Waals surface area contributed by atoms with Gasteiger partial charge in [0.25, 0.3) is 0 Å². The van der Waals surface area contributed by atoms with Gasteiger partial charge in [0, 0.05) is 13.1 Å². The number of methoxy groups -OCH3 is 1. The second-order valence-electron chi connectivity index (χ2n) is 5.06. The second-order valence-corrected chi connectivity index (χ2v) is 5.06. The topological polar surface area (TPSA) is 81.3 Å². The van der Waals surface area contributed by atoms with E-state index in [4.69, 9.17) is 9.15 Å². The molecule has 7 heteroatoms. The molecule has 0 fully saturated rings. The molecular formula is C16H18N4O3. The molecule has 2 amide bonds. The highest BCUT2D eigenvalue weighted by Gasteiger charge is 2.10. The molecule has 0 bridgehead atoms. The van der Waals surface area contributed by atoms with E-state index in [1.54, 1.807) is 25.5 Å². The minimum atomic E-state index is -0.272. The van der Waals surface area contributed by atoms with Gasteiger partial charge in [-0.15, -0.1) is 0 Å². The molecule has 0 aliphatic heterocycles. The molecule has 0 saturated carbocycles. The van der Waals surface area contributed by atoms with Crippen LogP contribution in [-0.2, 0) is 20.1 Å². The SMILES string of the molecule is COc1ccc2c(c1)nc(CNC(=O)NCc1ccco1)n2C. The van der Waals surface area contributed by atoms with Crippen LogP contribution in [0.5, 0.6) is 5.75 Å². The van der Waals surface area contributed by atoms with Gasteiger partial charge in [-0.05, 0) is 24.3 Å². The molecule has 0 unspecified atom stereocenters. The number of furan rings is 1. The van der Waals surface area contributed by atoms with Gasteiger partial charge in [0.15, 0.2) is 0 Å². The molecule has 0 saturated heterocycles. The second kappa shape index (κ2) is 6.43. The molecule has 2 heterocycles. The monoisotopic (exact) mass is 314 g/mol. The highest BCUT2D eigenvalue weighted by atomic mass is 16.5. The Morgan fingerprint density at radius 3 is 2.87 bits per heavy atom. The Hall–Kier alpha value is -2.96. The van der Waals surface area contributed by atoms with Crippen LogP contribution in [0.15, 0.2) is 41.0 Å². The quantitative estimate of drug-likeness (QED) is 0.756. The third kappa shape index (κ3) is 3.28. The first-order valence-electron chi connectivity index (χ1n) is 7.21. The van der Waals surface area contributed by atoms with Crippen molar-refractivity contribution in [2.75, 3.05) is 7.11 Å². The summed E-state index contributed by atoms with van der Waals surface area (Å²) in [5, 5.41) is 5.51. The summed E-state index contributed by atoms with van der Waals surface area (Å²) in [6, 6.07) is 9.02. The minimum Gasteiger partial charge on any atom is -0.497 e. The van der Waals surface area contributed by atoms with E-state index in [1.807, 2.05) is 29.8 Å². The molecule has 120 valence electrons. The lowest BCUT2D eigenvalue weighted by Gasteiger charge is -2.06. The van der Waals surface area contributed by atoms with Crippen LogP contribution in [0.25, 0.3) is 11.0 Å². The summed E-state index contributed by atoms with van der Waals surface area (Å²) in [4.78, 5) is 16.3. The van der Waals surface area contributed by atoms with Crippen molar-refractivity contribution in [1.29, 1.82) is 0 Å². The lowest BCUT2D eigenvalue weighted by Crippen LogP contribution is -2.35. The van der Waals surface area contributed by atoms with Crippen LogP contribution in [-0.4, -0.2) is 22.7 Å². The fourth-order valence-corrected chi connectivity index (χ4v) is 2.32. The van der Waals surface area contributed by atoms with Crippen molar-refractivity contribution in [3.8, 4) is 5.75 Å². The summed E-state index contributed by atoms with van der Waals surface area (Å²) in [7, 11) is 3.54. The first-order chi connectivity index (χ1) is 11.2. The highest BCUT2D eigenvalue weighted by molar-refractivity contribution is 5.78. The van der Waals surface area contributed by atoms with Gasteiger partial charge in [-0.3, -0.25) is 0 Å². The third-order valence-electron chi connectivity index (χ3n) is 3.59. The molecule has 0 radical (unpaired) electrons. The predicted octanol–water partition coefficient (Wildman–Crippen LogP) is 2.17. The number of amides is 2. The lowest BCUT2D eigenvalue weighted by atomic mass is 10.3. The number of ether oxygens (including phenoxy) is 1. The Morgan fingerprint density at radius 1 is 1.30 bits per heavy atom. The van der Waals surface area contributed by atoms with Crippen molar-refractivity contribution < 1.29 is 13.9 Å². The number of nitrogens with zero attached hydrogens (tertiary/aromatic N) is 2. The number of fused-ring (bicyclic) bond motifs is 1. The summed E-state index contributed by atoms with van der Waals surface area (Å²) >= 11 is 0. The van der Waals surface area contributed by atoms with Gasteiger partial charge < -0.3 is 24.4 Å². The van der Waals surface area contributed by atoms with Gasteiger partial charge in [-0.2, -0.15) is 0 Å². The molecule has 23 heavy (non-hydrogen) atoms. The smallest absolute Gasteiger partial charge is 0.315 e. The lowest BCUT2D eigenvalue weighted by molar-refractivity contribution is 0.239. The fourth-order valence-electron chi connectivity index (χ4n) is 2.32. The standard InChI is InChI=1S/C16H18N4O3/c1-20-14-6-5-11(22-2)8-13(14)19-15(20)10-18-16(21)17-9-12-4-3-7-23-12/h3-8H,9-10H2,1-2H3,(H2,17,18,21). The fraction of sp³-hybridized carbons (Fsp3) is 0.250. The molecule has 0 aliphatic rings. The molecule has 0 spiro atoms. The largest absolute Gasteiger partial charge is 0.497 e. The van der Waals surface area contributed by atoms with Crippen LogP contribution in [0.1, 0.15) is 11.6 Å². The van der Waals surface area contributed by atoms with Crippen LogP contribution < -0.4 is 15.4 Å². The van der Waals surface area contributed by atoms with Crippen LogP contribution >= 0.6 is 0 Å².